The van der Waals surface area contributed by atoms with E-state index in [1.165, 1.54) is 11.1 Å². The molecule has 2 nitrogen and oxygen atoms in total. The Labute approximate surface area is 165 Å². The lowest BCUT2D eigenvalue weighted by molar-refractivity contribution is -0.0443. The van der Waals surface area contributed by atoms with Gasteiger partial charge in [-0.1, -0.05) is 64.1 Å². The monoisotopic (exact) mass is 368 g/mol. The average Bonchev–Trinajstić information content (AvgIpc) is 2.70. The average molecular weight is 369 g/mol. The molecule has 0 spiro atoms. The largest absolute Gasteiger partial charge is 0.487 e. The summed E-state index contributed by atoms with van der Waals surface area (Å²) < 4.78 is 13.4. The molecule has 0 bridgehead atoms. The van der Waals surface area contributed by atoms with Crippen LogP contribution >= 0.6 is 0 Å². The first-order chi connectivity index (χ1) is 12.9. The molecule has 0 aliphatic carbocycles. The smallest absolute Gasteiger partial charge is 0.123 e. The van der Waals surface area contributed by atoms with Crippen LogP contribution in [0.5, 0.6) is 11.5 Å². The number of ether oxygens (including phenoxy) is 2. The molecular weight excluding hydrogens is 332 g/mol. The summed E-state index contributed by atoms with van der Waals surface area (Å²) in [5.74, 6) is 1.97. The van der Waals surface area contributed by atoms with Gasteiger partial charge in [0.25, 0.3) is 0 Å². The fourth-order valence-corrected chi connectivity index (χ4v) is 3.76. The fraction of sp³-hybridized carbons (Fsp3) is 0.520. The molecule has 0 saturated heterocycles. The predicted molar refractivity (Wildman–Crippen MR) is 115 cm³/mol. The van der Waals surface area contributed by atoms with Gasteiger partial charge in [-0.3, -0.25) is 0 Å². The molecule has 2 aromatic carbocycles. The van der Waals surface area contributed by atoms with E-state index >= 15 is 0 Å². The molecule has 0 heterocycles. The zero-order valence-corrected chi connectivity index (χ0v) is 18.0. The fourth-order valence-electron chi connectivity index (χ4n) is 3.76. The van der Waals surface area contributed by atoms with Crippen LogP contribution in [0, 0.1) is 13.8 Å². The summed E-state index contributed by atoms with van der Waals surface area (Å²) in [4.78, 5) is 0. The van der Waals surface area contributed by atoms with Gasteiger partial charge in [-0.25, -0.2) is 0 Å². The van der Waals surface area contributed by atoms with Gasteiger partial charge in [0.1, 0.15) is 22.7 Å². The summed E-state index contributed by atoms with van der Waals surface area (Å²) in [6.45, 7) is 13.1. The minimum absolute atomic E-state index is 0.235. The molecular formula is C25H36O2. The molecule has 27 heavy (non-hydrogen) atoms. The standard InChI is InChI=1S/C25H36O2/c1-7-24(8-2,26-22-17-13-11-15-20(22)5)19-25(9-3,10-4)27-23-18-14-12-16-21(23)6/h11-18H,7-10,19H2,1-6H3. The van der Waals surface area contributed by atoms with E-state index in [0.29, 0.717) is 0 Å². The highest BCUT2D eigenvalue weighted by Gasteiger charge is 2.41. The molecule has 0 N–H and O–H groups in total. The topological polar surface area (TPSA) is 18.5 Å². The number of benzene rings is 2. The molecule has 2 heteroatoms. The van der Waals surface area contributed by atoms with Crippen LogP contribution in [0.25, 0.3) is 0 Å². The van der Waals surface area contributed by atoms with Crippen molar-refractivity contribution in [3.63, 3.8) is 0 Å². The lowest BCUT2D eigenvalue weighted by Gasteiger charge is -2.43. The zero-order valence-electron chi connectivity index (χ0n) is 18.0. The zero-order chi connectivity index (χ0) is 19.9. The summed E-state index contributed by atoms with van der Waals surface area (Å²) in [5.41, 5.74) is 1.89. The van der Waals surface area contributed by atoms with Crippen LogP contribution in [-0.4, -0.2) is 11.2 Å². The molecule has 0 amide bonds. The maximum absolute atomic E-state index is 6.68. The summed E-state index contributed by atoms with van der Waals surface area (Å²) in [5, 5.41) is 0. The van der Waals surface area contributed by atoms with E-state index in [1.54, 1.807) is 0 Å². The number of hydrogen-bond donors (Lipinski definition) is 0. The minimum atomic E-state index is -0.235. The van der Waals surface area contributed by atoms with Gasteiger partial charge >= 0.3 is 0 Å². The summed E-state index contributed by atoms with van der Waals surface area (Å²) >= 11 is 0. The van der Waals surface area contributed by atoms with Crippen molar-refractivity contribution in [2.24, 2.45) is 0 Å². The minimum Gasteiger partial charge on any atom is -0.487 e. The first kappa shape index (κ1) is 21.3. The third-order valence-electron chi connectivity index (χ3n) is 6.06. The maximum atomic E-state index is 6.68. The van der Waals surface area contributed by atoms with Crippen molar-refractivity contribution in [3.05, 3.63) is 59.7 Å². The van der Waals surface area contributed by atoms with E-state index in [2.05, 4.69) is 90.1 Å². The van der Waals surface area contributed by atoms with E-state index in [0.717, 1.165) is 43.6 Å². The van der Waals surface area contributed by atoms with Crippen LogP contribution in [0.2, 0.25) is 0 Å². The summed E-state index contributed by atoms with van der Waals surface area (Å²) in [6, 6.07) is 16.6. The predicted octanol–water partition coefficient (Wildman–Crippen LogP) is 7.27. The molecule has 148 valence electrons. The summed E-state index contributed by atoms with van der Waals surface area (Å²) in [6.07, 6.45) is 4.70. The molecule has 0 radical (unpaired) electrons. The van der Waals surface area contributed by atoms with Gasteiger partial charge in [-0.15, -0.1) is 0 Å². The quantitative estimate of drug-likeness (QED) is 0.439. The second kappa shape index (κ2) is 9.30. The highest BCUT2D eigenvalue weighted by molar-refractivity contribution is 5.33. The number of para-hydroxylation sites is 2. The lowest BCUT2D eigenvalue weighted by atomic mass is 9.80. The van der Waals surface area contributed by atoms with Crippen LogP contribution < -0.4 is 9.47 Å². The molecule has 0 atom stereocenters. The highest BCUT2D eigenvalue weighted by Crippen LogP contribution is 2.39. The van der Waals surface area contributed by atoms with Gasteiger partial charge in [-0.2, -0.15) is 0 Å². The SMILES string of the molecule is CCC(CC)(CC(CC)(CC)Oc1ccccc1C)Oc1ccccc1C. The molecule has 0 aliphatic rings. The van der Waals surface area contributed by atoms with Gasteiger partial charge in [0.2, 0.25) is 0 Å². The Kier molecular flexibility index (Phi) is 7.35. The highest BCUT2D eigenvalue weighted by atomic mass is 16.5. The number of rotatable bonds is 10. The molecule has 0 aromatic heterocycles. The number of aryl methyl sites for hydroxylation is 2. The van der Waals surface area contributed by atoms with Crippen molar-refractivity contribution in [1.82, 2.24) is 0 Å². The Bertz CT molecular complexity index is 650. The van der Waals surface area contributed by atoms with Crippen molar-refractivity contribution < 1.29 is 9.47 Å². The van der Waals surface area contributed by atoms with Crippen LogP contribution in [0.4, 0.5) is 0 Å². The van der Waals surface area contributed by atoms with Gasteiger partial charge in [-0.05, 0) is 62.8 Å². The lowest BCUT2D eigenvalue weighted by Crippen LogP contribution is -2.47. The van der Waals surface area contributed by atoms with Crippen LogP contribution in [0.3, 0.4) is 0 Å². The van der Waals surface area contributed by atoms with Crippen molar-refractivity contribution >= 4 is 0 Å². The van der Waals surface area contributed by atoms with Gasteiger partial charge in [0, 0.05) is 6.42 Å². The van der Waals surface area contributed by atoms with Crippen LogP contribution in [-0.2, 0) is 0 Å². The van der Waals surface area contributed by atoms with Crippen molar-refractivity contribution in [3.8, 4) is 11.5 Å². The van der Waals surface area contributed by atoms with E-state index in [9.17, 15) is 0 Å². The normalized spacial score (nSPS) is 12.1. The van der Waals surface area contributed by atoms with E-state index in [-0.39, 0.29) is 11.2 Å². The van der Waals surface area contributed by atoms with Crippen molar-refractivity contribution in [1.29, 1.82) is 0 Å². The van der Waals surface area contributed by atoms with E-state index in [4.69, 9.17) is 9.47 Å². The third-order valence-corrected chi connectivity index (χ3v) is 6.06. The molecule has 0 saturated carbocycles. The Balaban J connectivity index is 2.34. The van der Waals surface area contributed by atoms with E-state index in [1.807, 2.05) is 0 Å². The first-order valence-electron chi connectivity index (χ1n) is 10.4. The molecule has 2 rings (SSSR count). The Hall–Kier alpha value is -1.96. The number of hydrogen-bond acceptors (Lipinski definition) is 2. The Morgan fingerprint density at radius 1 is 0.593 bits per heavy atom. The molecule has 0 unspecified atom stereocenters. The Morgan fingerprint density at radius 2 is 0.926 bits per heavy atom. The third kappa shape index (κ3) is 5.06. The first-order valence-corrected chi connectivity index (χ1v) is 10.4. The molecule has 2 aromatic rings. The molecule has 0 aliphatic heterocycles. The second-order valence-corrected chi connectivity index (χ2v) is 7.69. The molecule has 0 fully saturated rings. The van der Waals surface area contributed by atoms with Gasteiger partial charge < -0.3 is 9.47 Å². The van der Waals surface area contributed by atoms with Crippen molar-refractivity contribution in [2.45, 2.75) is 84.8 Å². The summed E-state index contributed by atoms with van der Waals surface area (Å²) in [7, 11) is 0. The maximum Gasteiger partial charge on any atom is 0.123 e. The second-order valence-electron chi connectivity index (χ2n) is 7.69. The Morgan fingerprint density at radius 3 is 1.22 bits per heavy atom. The van der Waals surface area contributed by atoms with Crippen LogP contribution in [0.1, 0.15) is 70.9 Å². The van der Waals surface area contributed by atoms with Crippen molar-refractivity contribution in [2.75, 3.05) is 0 Å². The van der Waals surface area contributed by atoms with E-state index < -0.39 is 0 Å². The van der Waals surface area contributed by atoms with Crippen LogP contribution in [0.15, 0.2) is 48.5 Å². The van der Waals surface area contributed by atoms with Gasteiger partial charge in [0.05, 0.1) is 0 Å². The van der Waals surface area contributed by atoms with Gasteiger partial charge in [0.15, 0.2) is 0 Å².